The lowest BCUT2D eigenvalue weighted by atomic mass is 10.0. The molecule has 3 rings (SSSR count). The van der Waals surface area contributed by atoms with Crippen LogP contribution in [0.15, 0.2) is 54.2 Å². The number of alkyl halides is 6. The molecule has 1 aromatic heterocycles. The molecule has 0 aliphatic heterocycles. The minimum Gasteiger partial charge on any atom is -0.456 e. The second-order valence-corrected chi connectivity index (χ2v) is 8.82. The van der Waals surface area contributed by atoms with Crippen molar-refractivity contribution < 1.29 is 35.9 Å². The number of nitrogens with zero attached hydrogens (tertiary/aromatic N) is 2. The van der Waals surface area contributed by atoms with Gasteiger partial charge in [-0.3, -0.25) is 0 Å². The topological polar surface area (TPSA) is 55.0 Å². The van der Waals surface area contributed by atoms with E-state index in [1.807, 2.05) is 0 Å². The van der Waals surface area contributed by atoms with Gasteiger partial charge in [0.1, 0.15) is 17.2 Å². The summed E-state index contributed by atoms with van der Waals surface area (Å²) in [4.78, 5) is 12.4. The van der Waals surface area contributed by atoms with Crippen molar-refractivity contribution in [2.75, 3.05) is 0 Å². The van der Waals surface area contributed by atoms with E-state index in [2.05, 4.69) is 0 Å². The van der Waals surface area contributed by atoms with Crippen LogP contribution in [0.2, 0.25) is 0 Å². The summed E-state index contributed by atoms with van der Waals surface area (Å²) < 4.78 is 86.2. The quantitative estimate of drug-likeness (QED) is 0.170. The smallest absolute Gasteiger partial charge is 0.416 e. The molecular formula is C25H20F6N2O2. The Morgan fingerprint density at radius 1 is 1.00 bits per heavy atom. The highest BCUT2D eigenvalue weighted by molar-refractivity contribution is 6.01. The van der Waals surface area contributed by atoms with Gasteiger partial charge in [0, 0.05) is 29.2 Å². The second kappa shape index (κ2) is 9.13. The van der Waals surface area contributed by atoms with Gasteiger partial charge in [-0.25, -0.2) is 4.79 Å². The molecule has 1 heterocycles. The van der Waals surface area contributed by atoms with Crippen LogP contribution < -0.4 is 0 Å². The summed E-state index contributed by atoms with van der Waals surface area (Å²) >= 11 is 0. The molecule has 0 amide bonds. The minimum atomic E-state index is -4.96. The molecule has 3 aromatic rings. The molecule has 0 N–H and O–H groups in total. The lowest BCUT2D eigenvalue weighted by Gasteiger charge is -2.18. The van der Waals surface area contributed by atoms with Crippen LogP contribution in [0.4, 0.5) is 26.3 Å². The Morgan fingerprint density at radius 3 is 2.09 bits per heavy atom. The number of para-hydroxylation sites is 1. The van der Waals surface area contributed by atoms with E-state index < -0.39 is 35.0 Å². The molecule has 4 nitrogen and oxygen atoms in total. The zero-order chi connectivity index (χ0) is 26.2. The first-order chi connectivity index (χ1) is 16.1. The molecule has 0 saturated heterocycles. The molecule has 0 aliphatic carbocycles. The van der Waals surface area contributed by atoms with Crippen molar-refractivity contribution in [1.29, 1.82) is 5.26 Å². The molecule has 0 fully saturated rings. The normalized spacial score (nSPS) is 13.1. The van der Waals surface area contributed by atoms with Gasteiger partial charge in [0.2, 0.25) is 0 Å². The summed E-state index contributed by atoms with van der Waals surface area (Å²) in [6, 6.07) is 9.80. The standard InChI is InChI=1S/C25H20F6N2O2/c1-23(2,3)35-22(34)16(12-32)10-17-14-33(21-7-5-4-6-20(17)21)13-15-8-18(24(26,27)28)11-19(9-15)25(29,30)31/h4-11,14H,13H2,1-3H3/b16-10+. The number of nitriles is 1. The van der Waals surface area contributed by atoms with Gasteiger partial charge in [0.05, 0.1) is 11.1 Å². The van der Waals surface area contributed by atoms with Gasteiger partial charge in [0.15, 0.2) is 0 Å². The Bertz CT molecular complexity index is 1300. The highest BCUT2D eigenvalue weighted by atomic mass is 19.4. The number of hydrogen-bond donors (Lipinski definition) is 0. The number of benzene rings is 2. The highest BCUT2D eigenvalue weighted by Gasteiger charge is 2.37. The number of fused-ring (bicyclic) bond motifs is 1. The summed E-state index contributed by atoms with van der Waals surface area (Å²) in [5.74, 6) is -0.857. The zero-order valence-electron chi connectivity index (χ0n) is 18.9. The molecule has 0 atom stereocenters. The molecule has 0 aliphatic rings. The number of carbonyl (C=O) groups is 1. The van der Waals surface area contributed by atoms with Gasteiger partial charge >= 0.3 is 18.3 Å². The summed E-state index contributed by atoms with van der Waals surface area (Å²) in [5.41, 5.74) is -3.30. The van der Waals surface area contributed by atoms with Crippen molar-refractivity contribution in [3.8, 4) is 6.07 Å². The fourth-order valence-electron chi connectivity index (χ4n) is 3.45. The van der Waals surface area contributed by atoms with Gasteiger partial charge in [-0.1, -0.05) is 18.2 Å². The van der Waals surface area contributed by atoms with Crippen LogP contribution in [0.1, 0.15) is 43.0 Å². The zero-order valence-corrected chi connectivity index (χ0v) is 18.9. The van der Waals surface area contributed by atoms with E-state index in [-0.39, 0.29) is 23.7 Å². The van der Waals surface area contributed by atoms with E-state index in [1.54, 1.807) is 51.1 Å². The number of hydrogen-bond acceptors (Lipinski definition) is 3. The first kappa shape index (κ1) is 25.9. The Balaban J connectivity index is 2.10. The first-order valence-corrected chi connectivity index (χ1v) is 10.3. The number of halogens is 6. The third-order valence-corrected chi connectivity index (χ3v) is 4.86. The lowest BCUT2D eigenvalue weighted by Crippen LogP contribution is -2.24. The Kier molecular flexibility index (Phi) is 6.75. The van der Waals surface area contributed by atoms with Gasteiger partial charge in [-0.2, -0.15) is 31.6 Å². The SMILES string of the molecule is CC(C)(C)OC(=O)/C(C#N)=C/c1cn(Cc2cc(C(F)(F)F)cc(C(F)(F)F)c2)c2ccccc12. The first-order valence-electron chi connectivity index (χ1n) is 10.3. The van der Waals surface area contributed by atoms with Gasteiger partial charge < -0.3 is 9.30 Å². The van der Waals surface area contributed by atoms with Crippen molar-refractivity contribution in [2.24, 2.45) is 0 Å². The molecule has 2 aromatic carbocycles. The number of carbonyl (C=O) groups excluding carboxylic acids is 1. The fourth-order valence-corrected chi connectivity index (χ4v) is 3.45. The van der Waals surface area contributed by atoms with Crippen LogP contribution in [-0.2, 0) is 28.4 Å². The lowest BCUT2D eigenvalue weighted by molar-refractivity contribution is -0.149. The third kappa shape index (κ3) is 6.23. The van der Waals surface area contributed by atoms with Crippen LogP contribution in [0.5, 0.6) is 0 Å². The van der Waals surface area contributed by atoms with Crippen LogP contribution in [-0.4, -0.2) is 16.1 Å². The summed E-state index contributed by atoms with van der Waals surface area (Å²) in [6.45, 7) is 4.60. The Labute approximate surface area is 197 Å². The van der Waals surface area contributed by atoms with Crippen molar-refractivity contribution in [3.63, 3.8) is 0 Å². The van der Waals surface area contributed by atoms with E-state index >= 15 is 0 Å². The van der Waals surface area contributed by atoms with Crippen molar-refractivity contribution >= 4 is 22.9 Å². The minimum absolute atomic E-state index is 0.0749. The summed E-state index contributed by atoms with van der Waals surface area (Å²) in [7, 11) is 0. The molecular weight excluding hydrogens is 474 g/mol. The van der Waals surface area contributed by atoms with E-state index in [1.165, 1.54) is 16.8 Å². The third-order valence-electron chi connectivity index (χ3n) is 4.86. The van der Waals surface area contributed by atoms with E-state index in [9.17, 15) is 36.4 Å². The summed E-state index contributed by atoms with van der Waals surface area (Å²) in [6.07, 6.45) is -7.18. The molecule has 184 valence electrons. The molecule has 0 radical (unpaired) electrons. The van der Waals surface area contributed by atoms with Crippen LogP contribution in [0.25, 0.3) is 17.0 Å². The van der Waals surface area contributed by atoms with E-state index in [0.717, 1.165) is 0 Å². The maximum absolute atomic E-state index is 13.3. The Hall–Kier alpha value is -3.74. The van der Waals surface area contributed by atoms with Crippen molar-refractivity contribution in [2.45, 2.75) is 45.3 Å². The van der Waals surface area contributed by atoms with E-state index in [4.69, 9.17) is 4.74 Å². The number of rotatable bonds is 4. The average Bonchev–Trinajstić information content (AvgIpc) is 3.06. The largest absolute Gasteiger partial charge is 0.456 e. The van der Waals surface area contributed by atoms with Crippen LogP contribution in [0, 0.1) is 11.3 Å². The molecule has 0 unspecified atom stereocenters. The number of ether oxygens (including phenoxy) is 1. The van der Waals surface area contributed by atoms with Gasteiger partial charge in [-0.15, -0.1) is 0 Å². The van der Waals surface area contributed by atoms with Gasteiger partial charge in [-0.05, 0) is 56.7 Å². The van der Waals surface area contributed by atoms with E-state index in [0.29, 0.717) is 28.6 Å². The number of aromatic nitrogens is 1. The van der Waals surface area contributed by atoms with Gasteiger partial charge in [0.25, 0.3) is 0 Å². The average molecular weight is 494 g/mol. The van der Waals surface area contributed by atoms with Crippen molar-refractivity contribution in [1.82, 2.24) is 4.57 Å². The molecule has 35 heavy (non-hydrogen) atoms. The highest BCUT2D eigenvalue weighted by Crippen LogP contribution is 2.37. The fraction of sp³-hybridized carbons (Fsp3) is 0.280. The maximum atomic E-state index is 13.3. The molecule has 10 heteroatoms. The predicted molar refractivity (Wildman–Crippen MR) is 117 cm³/mol. The molecule has 0 spiro atoms. The van der Waals surface area contributed by atoms with Crippen LogP contribution >= 0.6 is 0 Å². The predicted octanol–water partition coefficient (Wildman–Crippen LogP) is 6.98. The second-order valence-electron chi connectivity index (χ2n) is 8.82. The molecule has 0 bridgehead atoms. The maximum Gasteiger partial charge on any atom is 0.416 e. The number of esters is 1. The van der Waals surface area contributed by atoms with Crippen LogP contribution in [0.3, 0.4) is 0 Å². The monoisotopic (exact) mass is 494 g/mol. The molecule has 0 saturated carbocycles. The Morgan fingerprint density at radius 2 is 1.57 bits per heavy atom. The van der Waals surface area contributed by atoms with Crippen molar-refractivity contribution in [3.05, 3.63) is 76.5 Å². The summed E-state index contributed by atoms with van der Waals surface area (Å²) in [5, 5.41) is 9.99.